The second-order valence-corrected chi connectivity index (χ2v) is 3.82. The SMILES string of the molecule is CCC(N)(O)c1cccc(Cl)c1CC=O. The van der Waals surface area contributed by atoms with Gasteiger partial charge in [-0.3, -0.25) is 5.73 Å². The number of carbonyl (C=O) groups excluding carboxylic acids is 1. The van der Waals surface area contributed by atoms with Crippen molar-refractivity contribution in [3.63, 3.8) is 0 Å². The Bertz CT molecular complexity index is 364. The molecule has 0 bridgehead atoms. The quantitative estimate of drug-likeness (QED) is 0.607. The fraction of sp³-hybridized carbons (Fsp3) is 0.364. The van der Waals surface area contributed by atoms with Crippen LogP contribution >= 0.6 is 11.6 Å². The molecule has 0 spiro atoms. The van der Waals surface area contributed by atoms with Crippen LogP contribution in [-0.2, 0) is 16.9 Å². The molecule has 3 N–H and O–H groups in total. The first kappa shape index (κ1) is 12.2. The number of nitrogens with two attached hydrogens (primary N) is 1. The third-order valence-electron chi connectivity index (χ3n) is 2.41. The molecule has 0 aliphatic carbocycles. The average molecular weight is 228 g/mol. The van der Waals surface area contributed by atoms with E-state index in [4.69, 9.17) is 17.3 Å². The first-order valence-corrected chi connectivity index (χ1v) is 5.13. The van der Waals surface area contributed by atoms with Crippen LogP contribution in [-0.4, -0.2) is 11.4 Å². The zero-order valence-corrected chi connectivity index (χ0v) is 9.29. The topological polar surface area (TPSA) is 63.3 Å². The molecule has 0 aliphatic rings. The minimum atomic E-state index is -1.43. The lowest BCUT2D eigenvalue weighted by molar-refractivity contribution is -0.107. The number of benzene rings is 1. The summed E-state index contributed by atoms with van der Waals surface area (Å²) in [5, 5.41) is 10.4. The van der Waals surface area contributed by atoms with E-state index in [1.165, 1.54) is 0 Å². The minimum Gasteiger partial charge on any atom is -0.372 e. The molecule has 1 unspecified atom stereocenters. The van der Waals surface area contributed by atoms with Gasteiger partial charge >= 0.3 is 0 Å². The van der Waals surface area contributed by atoms with Gasteiger partial charge in [0.2, 0.25) is 0 Å². The third kappa shape index (κ3) is 2.56. The van der Waals surface area contributed by atoms with Crippen LogP contribution in [0.15, 0.2) is 18.2 Å². The number of rotatable bonds is 4. The Morgan fingerprint density at radius 1 is 1.60 bits per heavy atom. The van der Waals surface area contributed by atoms with E-state index in [0.29, 0.717) is 22.6 Å². The van der Waals surface area contributed by atoms with Crippen molar-refractivity contribution in [1.29, 1.82) is 0 Å². The standard InChI is InChI=1S/C11H14ClNO2/c1-2-11(13,15)9-4-3-5-10(12)8(9)6-7-14/h3-5,7,15H,2,6,13H2,1H3. The number of carbonyl (C=O) groups is 1. The second kappa shape index (κ2) is 4.75. The van der Waals surface area contributed by atoms with Crippen molar-refractivity contribution >= 4 is 17.9 Å². The van der Waals surface area contributed by atoms with Crippen LogP contribution in [0.2, 0.25) is 5.02 Å². The van der Waals surface area contributed by atoms with Crippen LogP contribution in [0.3, 0.4) is 0 Å². The van der Waals surface area contributed by atoms with E-state index >= 15 is 0 Å². The van der Waals surface area contributed by atoms with E-state index in [-0.39, 0.29) is 6.42 Å². The van der Waals surface area contributed by atoms with Gasteiger partial charge in [-0.15, -0.1) is 0 Å². The van der Waals surface area contributed by atoms with E-state index < -0.39 is 5.72 Å². The van der Waals surface area contributed by atoms with Gasteiger partial charge in [0.15, 0.2) is 0 Å². The summed E-state index contributed by atoms with van der Waals surface area (Å²) in [5.74, 6) is 0. The average Bonchev–Trinajstić information content (AvgIpc) is 2.21. The molecule has 0 aromatic heterocycles. The van der Waals surface area contributed by atoms with Crippen LogP contribution in [0.5, 0.6) is 0 Å². The second-order valence-electron chi connectivity index (χ2n) is 3.41. The smallest absolute Gasteiger partial charge is 0.139 e. The van der Waals surface area contributed by atoms with Gasteiger partial charge in [-0.1, -0.05) is 30.7 Å². The molecule has 1 rings (SSSR count). The highest BCUT2D eigenvalue weighted by atomic mass is 35.5. The van der Waals surface area contributed by atoms with Crippen molar-refractivity contribution in [3.05, 3.63) is 34.3 Å². The summed E-state index contributed by atoms with van der Waals surface area (Å²) >= 11 is 5.95. The molecular weight excluding hydrogens is 214 g/mol. The maximum atomic E-state index is 10.5. The molecule has 0 saturated heterocycles. The van der Waals surface area contributed by atoms with Crippen LogP contribution in [0.4, 0.5) is 0 Å². The fourth-order valence-electron chi connectivity index (χ4n) is 1.45. The van der Waals surface area contributed by atoms with Gasteiger partial charge in [-0.2, -0.15) is 0 Å². The van der Waals surface area contributed by atoms with Gasteiger partial charge in [0, 0.05) is 17.0 Å². The van der Waals surface area contributed by atoms with E-state index in [1.54, 1.807) is 25.1 Å². The summed E-state index contributed by atoms with van der Waals surface area (Å²) in [6, 6.07) is 5.07. The molecule has 15 heavy (non-hydrogen) atoms. The Balaban J connectivity index is 3.27. The van der Waals surface area contributed by atoms with Crippen molar-refractivity contribution in [1.82, 2.24) is 0 Å². The molecule has 3 nitrogen and oxygen atoms in total. The molecular formula is C11H14ClNO2. The lowest BCUT2D eigenvalue weighted by Gasteiger charge is -2.24. The highest BCUT2D eigenvalue weighted by Gasteiger charge is 2.25. The Labute approximate surface area is 93.9 Å². The Morgan fingerprint density at radius 2 is 2.27 bits per heavy atom. The number of hydrogen-bond donors (Lipinski definition) is 2. The summed E-state index contributed by atoms with van der Waals surface area (Å²) in [7, 11) is 0. The van der Waals surface area contributed by atoms with Gasteiger partial charge in [0.25, 0.3) is 0 Å². The summed E-state index contributed by atoms with van der Waals surface area (Å²) in [6.07, 6.45) is 1.27. The van der Waals surface area contributed by atoms with Crippen molar-refractivity contribution in [2.75, 3.05) is 0 Å². The van der Waals surface area contributed by atoms with Crippen LogP contribution in [0, 0.1) is 0 Å². The van der Waals surface area contributed by atoms with Gasteiger partial charge in [0.1, 0.15) is 12.0 Å². The van der Waals surface area contributed by atoms with Crippen LogP contribution in [0.25, 0.3) is 0 Å². The number of aldehydes is 1. The monoisotopic (exact) mass is 227 g/mol. The van der Waals surface area contributed by atoms with E-state index in [9.17, 15) is 9.90 Å². The first-order chi connectivity index (χ1) is 7.03. The predicted molar refractivity (Wildman–Crippen MR) is 59.6 cm³/mol. The molecule has 0 radical (unpaired) electrons. The maximum absolute atomic E-state index is 10.5. The van der Waals surface area contributed by atoms with Crippen LogP contribution < -0.4 is 5.73 Å². The molecule has 0 aliphatic heterocycles. The number of aliphatic hydroxyl groups is 1. The molecule has 1 atom stereocenters. The fourth-order valence-corrected chi connectivity index (χ4v) is 1.70. The molecule has 0 heterocycles. The van der Waals surface area contributed by atoms with E-state index in [1.807, 2.05) is 0 Å². The zero-order chi connectivity index (χ0) is 11.5. The Hall–Kier alpha value is -0.900. The Morgan fingerprint density at radius 3 is 2.80 bits per heavy atom. The molecule has 0 amide bonds. The number of halogens is 1. The van der Waals surface area contributed by atoms with Crippen molar-refractivity contribution < 1.29 is 9.90 Å². The van der Waals surface area contributed by atoms with E-state index in [0.717, 1.165) is 6.29 Å². The lowest BCUT2D eigenvalue weighted by Crippen LogP contribution is -2.36. The largest absolute Gasteiger partial charge is 0.372 e. The highest BCUT2D eigenvalue weighted by molar-refractivity contribution is 6.31. The van der Waals surface area contributed by atoms with Crippen molar-refractivity contribution in [2.45, 2.75) is 25.5 Å². The van der Waals surface area contributed by atoms with Crippen LogP contribution in [0.1, 0.15) is 24.5 Å². The lowest BCUT2D eigenvalue weighted by atomic mass is 9.94. The summed E-state index contributed by atoms with van der Waals surface area (Å²) in [6.45, 7) is 1.77. The predicted octanol–water partition coefficient (Wildman–Crippen LogP) is 1.60. The van der Waals surface area contributed by atoms with Gasteiger partial charge in [0.05, 0.1) is 0 Å². The van der Waals surface area contributed by atoms with Gasteiger partial charge in [-0.05, 0) is 18.1 Å². The molecule has 0 saturated carbocycles. The van der Waals surface area contributed by atoms with E-state index in [2.05, 4.69) is 0 Å². The molecule has 1 aromatic carbocycles. The third-order valence-corrected chi connectivity index (χ3v) is 2.77. The highest BCUT2D eigenvalue weighted by Crippen LogP contribution is 2.28. The van der Waals surface area contributed by atoms with Crippen molar-refractivity contribution in [3.8, 4) is 0 Å². The van der Waals surface area contributed by atoms with Gasteiger partial charge < -0.3 is 9.90 Å². The minimum absolute atomic E-state index is 0.161. The normalized spacial score (nSPS) is 14.7. The molecule has 4 heteroatoms. The zero-order valence-electron chi connectivity index (χ0n) is 8.53. The summed E-state index contributed by atoms with van der Waals surface area (Å²) < 4.78 is 0. The van der Waals surface area contributed by atoms with Gasteiger partial charge in [-0.25, -0.2) is 0 Å². The molecule has 1 aromatic rings. The maximum Gasteiger partial charge on any atom is 0.139 e. The van der Waals surface area contributed by atoms with Crippen molar-refractivity contribution in [2.24, 2.45) is 5.73 Å². The molecule has 0 fully saturated rings. The summed E-state index contributed by atoms with van der Waals surface area (Å²) in [4.78, 5) is 10.5. The number of hydrogen-bond acceptors (Lipinski definition) is 3. The summed E-state index contributed by atoms with van der Waals surface area (Å²) in [5.41, 5.74) is 5.41. The first-order valence-electron chi connectivity index (χ1n) is 4.75. The molecule has 82 valence electrons. The Kier molecular flexibility index (Phi) is 3.85.